The van der Waals surface area contributed by atoms with Crippen LogP contribution in [0, 0.1) is 0 Å². The molecule has 0 heterocycles. The van der Waals surface area contributed by atoms with Crippen molar-refractivity contribution in [2.24, 2.45) is 5.73 Å². The third-order valence-corrected chi connectivity index (χ3v) is 8.30. The molecule has 4 amide bonds. The molecule has 4 aromatic rings. The van der Waals surface area contributed by atoms with E-state index in [2.05, 4.69) is 16.0 Å². The highest BCUT2D eigenvalue weighted by atomic mass is 35.5. The van der Waals surface area contributed by atoms with E-state index in [0.29, 0.717) is 44.5 Å². The van der Waals surface area contributed by atoms with Gasteiger partial charge in [0.25, 0.3) is 11.8 Å². The van der Waals surface area contributed by atoms with Crippen LogP contribution >= 0.6 is 35.0 Å². The number of carbonyl (C=O) groups is 4. The van der Waals surface area contributed by atoms with Gasteiger partial charge in [-0.2, -0.15) is 0 Å². The first-order valence-electron chi connectivity index (χ1n) is 13.5. The average molecular weight is 648 g/mol. The lowest BCUT2D eigenvalue weighted by Crippen LogP contribution is -2.30. The van der Waals surface area contributed by atoms with Crippen LogP contribution in [0.15, 0.2) is 108 Å². The van der Waals surface area contributed by atoms with Gasteiger partial charge in [-0.3, -0.25) is 19.2 Å². The van der Waals surface area contributed by atoms with Gasteiger partial charge in [-0.15, -0.1) is 11.8 Å². The number of hydrogen-bond donors (Lipinski definition) is 4. The first-order chi connectivity index (χ1) is 21.1. The highest BCUT2D eigenvalue weighted by Gasteiger charge is 2.20. The smallest absolute Gasteiger partial charge is 0.272 e. The molecule has 4 aromatic carbocycles. The number of amides is 4. The molecule has 1 atom stereocenters. The minimum atomic E-state index is -0.600. The highest BCUT2D eigenvalue weighted by molar-refractivity contribution is 8.00. The molecule has 0 aliphatic carbocycles. The fourth-order valence-electron chi connectivity index (χ4n) is 4.01. The predicted octanol–water partition coefficient (Wildman–Crippen LogP) is 7.01. The van der Waals surface area contributed by atoms with Crippen molar-refractivity contribution in [2.75, 3.05) is 10.6 Å². The number of benzene rings is 4. The summed E-state index contributed by atoms with van der Waals surface area (Å²) in [5.41, 5.74) is 7.28. The molecule has 0 radical (unpaired) electrons. The molecular formula is C33H28Cl2N4O4S. The number of rotatable bonds is 11. The summed E-state index contributed by atoms with van der Waals surface area (Å²) in [7, 11) is 0. The van der Waals surface area contributed by atoms with E-state index in [0.717, 1.165) is 4.90 Å². The molecule has 0 fully saturated rings. The summed E-state index contributed by atoms with van der Waals surface area (Å²) in [6.07, 6.45) is 1.95. The number of hydrogen-bond acceptors (Lipinski definition) is 5. The maximum atomic E-state index is 13.5. The van der Waals surface area contributed by atoms with Crippen molar-refractivity contribution in [3.05, 3.63) is 129 Å². The normalized spacial score (nSPS) is 11.8. The minimum Gasteiger partial charge on any atom is -0.366 e. The summed E-state index contributed by atoms with van der Waals surface area (Å²) < 4.78 is 0. The third kappa shape index (κ3) is 8.73. The third-order valence-electron chi connectivity index (χ3n) is 6.29. The summed E-state index contributed by atoms with van der Waals surface area (Å²) in [5.74, 6) is -1.85. The van der Waals surface area contributed by atoms with Crippen LogP contribution in [0.1, 0.15) is 39.6 Å². The zero-order valence-electron chi connectivity index (χ0n) is 23.5. The second-order valence-corrected chi connectivity index (χ2v) is 11.5. The molecule has 0 aromatic heterocycles. The second-order valence-electron chi connectivity index (χ2n) is 9.44. The first kappa shape index (κ1) is 32.3. The van der Waals surface area contributed by atoms with Crippen molar-refractivity contribution in [3.8, 4) is 0 Å². The molecular weight excluding hydrogens is 619 g/mol. The molecule has 11 heteroatoms. The quantitative estimate of drug-likeness (QED) is 0.103. The Morgan fingerprint density at radius 3 is 2.09 bits per heavy atom. The van der Waals surface area contributed by atoms with E-state index in [1.165, 1.54) is 17.8 Å². The van der Waals surface area contributed by atoms with Gasteiger partial charge < -0.3 is 21.7 Å². The number of anilines is 2. The summed E-state index contributed by atoms with van der Waals surface area (Å²) in [6, 6.07) is 26.7. The van der Waals surface area contributed by atoms with Crippen LogP contribution in [0.4, 0.5) is 11.4 Å². The Kier molecular flexibility index (Phi) is 11.2. The molecule has 0 aliphatic rings. The Balaban J connectivity index is 1.51. The van der Waals surface area contributed by atoms with Gasteiger partial charge in [0.1, 0.15) is 5.70 Å². The highest BCUT2D eigenvalue weighted by Crippen LogP contribution is 2.30. The summed E-state index contributed by atoms with van der Waals surface area (Å²) in [4.78, 5) is 51.5. The van der Waals surface area contributed by atoms with Crippen LogP contribution in [-0.2, 0) is 9.59 Å². The number of thioether (sulfide) groups is 1. The van der Waals surface area contributed by atoms with Gasteiger partial charge in [0, 0.05) is 43.0 Å². The monoisotopic (exact) mass is 646 g/mol. The standard InChI is InChI=1S/C33H28Cl2N4O4S/c1-2-29(33(43)37-22-16-14-20(15-17-22)30(36)40)44-24-11-6-10-23(18-24)38-32(42)28(19-25-26(34)12-7-13-27(25)35)39-31(41)21-8-4-3-5-9-21/h3-19,29H,2H2,1H3,(H2,36,40)(H,37,43)(H,38,42)(H,39,41)/b28-19+. The minimum absolute atomic E-state index is 0.0694. The lowest BCUT2D eigenvalue weighted by atomic mass is 10.1. The average Bonchev–Trinajstić information content (AvgIpc) is 3.01. The van der Waals surface area contributed by atoms with E-state index in [9.17, 15) is 19.2 Å². The summed E-state index contributed by atoms with van der Waals surface area (Å²) >= 11 is 14.0. The molecule has 0 saturated heterocycles. The van der Waals surface area contributed by atoms with Crippen LogP contribution in [0.2, 0.25) is 10.0 Å². The first-order valence-corrected chi connectivity index (χ1v) is 15.1. The van der Waals surface area contributed by atoms with E-state index in [4.69, 9.17) is 28.9 Å². The van der Waals surface area contributed by atoms with Gasteiger partial charge in [0.05, 0.1) is 5.25 Å². The van der Waals surface area contributed by atoms with Gasteiger partial charge in [-0.05, 0) is 79.2 Å². The van der Waals surface area contributed by atoms with Crippen LogP contribution < -0.4 is 21.7 Å². The molecule has 0 saturated carbocycles. The van der Waals surface area contributed by atoms with Crippen LogP contribution in [-0.4, -0.2) is 28.9 Å². The molecule has 0 spiro atoms. The van der Waals surface area contributed by atoms with Gasteiger partial charge in [-0.1, -0.05) is 60.5 Å². The maximum Gasteiger partial charge on any atom is 0.272 e. The Morgan fingerprint density at radius 1 is 0.795 bits per heavy atom. The van der Waals surface area contributed by atoms with Crippen molar-refractivity contribution in [2.45, 2.75) is 23.5 Å². The van der Waals surface area contributed by atoms with E-state index in [-0.39, 0.29) is 11.6 Å². The zero-order valence-corrected chi connectivity index (χ0v) is 25.8. The number of nitrogens with two attached hydrogens (primary N) is 1. The molecule has 1 unspecified atom stereocenters. The lowest BCUT2D eigenvalue weighted by molar-refractivity contribution is -0.116. The van der Waals surface area contributed by atoms with Crippen molar-refractivity contribution < 1.29 is 19.2 Å². The van der Waals surface area contributed by atoms with Gasteiger partial charge in [0.15, 0.2) is 0 Å². The molecule has 8 nitrogen and oxygen atoms in total. The van der Waals surface area contributed by atoms with Crippen molar-refractivity contribution in [1.82, 2.24) is 5.32 Å². The number of carbonyl (C=O) groups excluding carboxylic acids is 4. The second kappa shape index (κ2) is 15.2. The SMILES string of the molecule is CCC(Sc1cccc(NC(=O)/C(=C\c2c(Cl)cccc2Cl)NC(=O)c2ccccc2)c1)C(=O)Nc1ccc(C(N)=O)cc1. The largest absolute Gasteiger partial charge is 0.366 e. The van der Waals surface area contributed by atoms with E-state index >= 15 is 0 Å². The predicted molar refractivity (Wildman–Crippen MR) is 177 cm³/mol. The Bertz CT molecular complexity index is 1690. The maximum absolute atomic E-state index is 13.5. The van der Waals surface area contributed by atoms with Crippen LogP contribution in [0.5, 0.6) is 0 Å². The van der Waals surface area contributed by atoms with Gasteiger partial charge in [-0.25, -0.2) is 0 Å². The fraction of sp³-hybridized carbons (Fsp3) is 0.0909. The Hall–Kier alpha value is -4.57. The van der Waals surface area contributed by atoms with Gasteiger partial charge in [0.2, 0.25) is 11.8 Å². The topological polar surface area (TPSA) is 130 Å². The van der Waals surface area contributed by atoms with E-state index < -0.39 is 23.0 Å². The lowest BCUT2D eigenvalue weighted by Gasteiger charge is -2.16. The fourth-order valence-corrected chi connectivity index (χ4v) is 5.53. The van der Waals surface area contributed by atoms with Crippen molar-refractivity contribution >= 4 is 76.0 Å². The van der Waals surface area contributed by atoms with Crippen molar-refractivity contribution in [3.63, 3.8) is 0 Å². The summed E-state index contributed by atoms with van der Waals surface area (Å²) in [5, 5.41) is 8.51. The van der Waals surface area contributed by atoms with E-state index in [1.54, 1.807) is 91.0 Å². The van der Waals surface area contributed by atoms with Crippen LogP contribution in [0.25, 0.3) is 6.08 Å². The number of halogens is 2. The Morgan fingerprint density at radius 2 is 1.45 bits per heavy atom. The molecule has 0 aliphatic heterocycles. The molecule has 224 valence electrons. The van der Waals surface area contributed by atoms with E-state index in [1.807, 2.05) is 13.0 Å². The van der Waals surface area contributed by atoms with Gasteiger partial charge >= 0.3 is 0 Å². The van der Waals surface area contributed by atoms with Crippen molar-refractivity contribution in [1.29, 1.82) is 0 Å². The Labute approximate surface area is 269 Å². The van der Waals surface area contributed by atoms with Crippen LogP contribution in [0.3, 0.4) is 0 Å². The molecule has 4 rings (SSSR count). The zero-order chi connectivity index (χ0) is 31.6. The molecule has 44 heavy (non-hydrogen) atoms. The number of nitrogens with one attached hydrogen (secondary N) is 3. The molecule has 0 bridgehead atoms. The molecule has 5 N–H and O–H groups in total. The summed E-state index contributed by atoms with van der Waals surface area (Å²) in [6.45, 7) is 1.89. The number of primary amides is 1.